The molecule has 0 aliphatic rings. The SMILES string of the molecule is CCC(N)Cc1ccc(OCC(=O)NCCC#N)c(Cl)c1. The summed E-state index contributed by atoms with van der Waals surface area (Å²) < 4.78 is 5.36. The third-order valence-electron chi connectivity index (χ3n) is 2.94. The Morgan fingerprint density at radius 3 is 2.95 bits per heavy atom. The van der Waals surface area contributed by atoms with E-state index in [-0.39, 0.29) is 25.0 Å². The Labute approximate surface area is 130 Å². The number of carbonyl (C=O) groups is 1. The molecule has 0 saturated carbocycles. The molecule has 1 atom stereocenters. The molecule has 3 N–H and O–H groups in total. The summed E-state index contributed by atoms with van der Waals surface area (Å²) in [6.45, 7) is 2.23. The van der Waals surface area contributed by atoms with E-state index in [1.165, 1.54) is 0 Å². The normalized spacial score (nSPS) is 11.5. The lowest BCUT2D eigenvalue weighted by Gasteiger charge is -2.12. The molecular formula is C15H20ClN3O2. The second kappa shape index (κ2) is 9.22. The number of rotatable bonds is 8. The number of nitrogens with zero attached hydrogens (tertiary/aromatic N) is 1. The van der Waals surface area contributed by atoms with Crippen LogP contribution in [0.4, 0.5) is 0 Å². The van der Waals surface area contributed by atoms with Gasteiger partial charge in [0.15, 0.2) is 6.61 Å². The van der Waals surface area contributed by atoms with Gasteiger partial charge in [-0.1, -0.05) is 24.6 Å². The van der Waals surface area contributed by atoms with Gasteiger partial charge in [-0.3, -0.25) is 4.79 Å². The van der Waals surface area contributed by atoms with Crippen LogP contribution in [0, 0.1) is 11.3 Å². The first-order chi connectivity index (χ1) is 10.1. The Bertz CT molecular complexity index is 514. The van der Waals surface area contributed by atoms with E-state index in [0.29, 0.717) is 17.3 Å². The Morgan fingerprint density at radius 2 is 2.33 bits per heavy atom. The summed E-state index contributed by atoms with van der Waals surface area (Å²) in [6.07, 6.45) is 1.93. The number of hydrogen-bond acceptors (Lipinski definition) is 4. The van der Waals surface area contributed by atoms with Gasteiger partial charge in [-0.05, 0) is 30.5 Å². The summed E-state index contributed by atoms with van der Waals surface area (Å²) in [5.41, 5.74) is 6.94. The number of nitrogens with one attached hydrogen (secondary N) is 1. The van der Waals surface area contributed by atoms with Crippen molar-refractivity contribution < 1.29 is 9.53 Å². The number of benzene rings is 1. The van der Waals surface area contributed by atoms with Crippen LogP contribution in [0.3, 0.4) is 0 Å². The monoisotopic (exact) mass is 309 g/mol. The molecule has 21 heavy (non-hydrogen) atoms. The summed E-state index contributed by atoms with van der Waals surface area (Å²) in [6, 6.07) is 7.49. The molecule has 0 fully saturated rings. The Kier molecular flexibility index (Phi) is 7.59. The van der Waals surface area contributed by atoms with Crippen LogP contribution in [0.2, 0.25) is 5.02 Å². The van der Waals surface area contributed by atoms with Crippen molar-refractivity contribution in [3.05, 3.63) is 28.8 Å². The fraction of sp³-hybridized carbons (Fsp3) is 0.467. The summed E-state index contributed by atoms with van der Waals surface area (Å²) in [5.74, 6) is 0.180. The third kappa shape index (κ3) is 6.48. The molecule has 1 unspecified atom stereocenters. The molecular weight excluding hydrogens is 290 g/mol. The minimum absolute atomic E-state index is 0.110. The van der Waals surface area contributed by atoms with E-state index in [2.05, 4.69) is 5.32 Å². The lowest BCUT2D eigenvalue weighted by atomic mass is 10.0. The number of nitriles is 1. The third-order valence-corrected chi connectivity index (χ3v) is 3.23. The average Bonchev–Trinajstić information content (AvgIpc) is 2.46. The van der Waals surface area contributed by atoms with Crippen molar-refractivity contribution in [1.29, 1.82) is 5.26 Å². The maximum atomic E-state index is 11.4. The van der Waals surface area contributed by atoms with Crippen LogP contribution in [0.25, 0.3) is 0 Å². The van der Waals surface area contributed by atoms with Gasteiger partial charge in [0.25, 0.3) is 5.91 Å². The summed E-state index contributed by atoms with van der Waals surface area (Å²) in [5, 5.41) is 11.4. The van der Waals surface area contributed by atoms with E-state index in [1.807, 2.05) is 19.1 Å². The Morgan fingerprint density at radius 1 is 1.57 bits per heavy atom. The summed E-state index contributed by atoms with van der Waals surface area (Å²) in [4.78, 5) is 11.4. The Balaban J connectivity index is 2.49. The van der Waals surface area contributed by atoms with E-state index >= 15 is 0 Å². The number of nitrogens with two attached hydrogens (primary N) is 1. The molecule has 0 aromatic heterocycles. The van der Waals surface area contributed by atoms with Crippen LogP contribution in [-0.4, -0.2) is 25.1 Å². The predicted octanol–water partition coefficient (Wildman–Crippen LogP) is 2.03. The van der Waals surface area contributed by atoms with Gasteiger partial charge in [-0.2, -0.15) is 5.26 Å². The molecule has 0 bridgehead atoms. The molecule has 1 rings (SSSR count). The largest absolute Gasteiger partial charge is 0.482 e. The molecule has 0 aliphatic heterocycles. The molecule has 114 valence electrons. The quantitative estimate of drug-likeness (QED) is 0.719. The smallest absolute Gasteiger partial charge is 0.257 e. The van der Waals surface area contributed by atoms with E-state index in [0.717, 1.165) is 18.4 Å². The summed E-state index contributed by atoms with van der Waals surface area (Å²) >= 11 is 6.13. The van der Waals surface area contributed by atoms with Gasteiger partial charge >= 0.3 is 0 Å². The van der Waals surface area contributed by atoms with Gasteiger partial charge in [0.1, 0.15) is 5.75 Å². The molecule has 1 aromatic carbocycles. The fourth-order valence-electron chi connectivity index (χ4n) is 1.69. The predicted molar refractivity (Wildman–Crippen MR) is 82.2 cm³/mol. The van der Waals surface area contributed by atoms with Crippen LogP contribution in [0.15, 0.2) is 18.2 Å². The number of ether oxygens (including phenoxy) is 1. The minimum atomic E-state index is -0.279. The molecule has 0 aliphatic carbocycles. The zero-order valence-corrected chi connectivity index (χ0v) is 12.8. The van der Waals surface area contributed by atoms with Crippen LogP contribution in [0.1, 0.15) is 25.3 Å². The van der Waals surface area contributed by atoms with Crippen molar-refractivity contribution in [3.63, 3.8) is 0 Å². The van der Waals surface area contributed by atoms with Gasteiger partial charge in [-0.25, -0.2) is 0 Å². The van der Waals surface area contributed by atoms with Crippen LogP contribution < -0.4 is 15.8 Å². The second-order valence-corrected chi connectivity index (χ2v) is 5.09. The number of hydrogen-bond donors (Lipinski definition) is 2. The maximum Gasteiger partial charge on any atom is 0.257 e. The van der Waals surface area contributed by atoms with Crippen LogP contribution >= 0.6 is 11.6 Å². The first kappa shape index (κ1) is 17.3. The van der Waals surface area contributed by atoms with Crippen molar-refractivity contribution in [2.24, 2.45) is 5.73 Å². The lowest BCUT2D eigenvalue weighted by molar-refractivity contribution is -0.123. The van der Waals surface area contributed by atoms with Gasteiger partial charge in [0.2, 0.25) is 0 Å². The fourth-order valence-corrected chi connectivity index (χ4v) is 1.95. The molecule has 0 spiro atoms. The van der Waals surface area contributed by atoms with Crippen molar-refractivity contribution in [2.45, 2.75) is 32.2 Å². The standard InChI is InChI=1S/C15H20ClN3O2/c1-2-12(18)8-11-4-5-14(13(16)9-11)21-10-15(20)19-7-3-6-17/h4-5,9,12H,2-3,7-8,10,18H2,1H3,(H,19,20). The molecule has 5 nitrogen and oxygen atoms in total. The lowest BCUT2D eigenvalue weighted by Crippen LogP contribution is -2.29. The van der Waals surface area contributed by atoms with Gasteiger partial charge in [0.05, 0.1) is 17.5 Å². The van der Waals surface area contributed by atoms with Gasteiger partial charge in [-0.15, -0.1) is 0 Å². The zero-order chi connectivity index (χ0) is 15.7. The van der Waals surface area contributed by atoms with Crippen molar-refractivity contribution in [1.82, 2.24) is 5.32 Å². The maximum absolute atomic E-state index is 11.4. The van der Waals surface area contributed by atoms with Crippen molar-refractivity contribution in [3.8, 4) is 11.8 Å². The van der Waals surface area contributed by atoms with E-state index in [4.69, 9.17) is 27.3 Å². The first-order valence-electron chi connectivity index (χ1n) is 6.87. The zero-order valence-electron chi connectivity index (χ0n) is 12.1. The molecule has 6 heteroatoms. The summed E-state index contributed by atoms with van der Waals surface area (Å²) in [7, 11) is 0. The highest BCUT2D eigenvalue weighted by Gasteiger charge is 2.08. The molecule has 0 heterocycles. The molecule has 1 aromatic rings. The van der Waals surface area contributed by atoms with E-state index in [9.17, 15) is 4.79 Å². The topological polar surface area (TPSA) is 88.1 Å². The highest BCUT2D eigenvalue weighted by atomic mass is 35.5. The Hall–Kier alpha value is -1.77. The highest BCUT2D eigenvalue weighted by molar-refractivity contribution is 6.32. The molecule has 0 saturated heterocycles. The van der Waals surface area contributed by atoms with Crippen LogP contribution in [0.5, 0.6) is 5.75 Å². The number of halogens is 1. The average molecular weight is 310 g/mol. The van der Waals surface area contributed by atoms with Gasteiger partial charge in [0, 0.05) is 12.6 Å². The minimum Gasteiger partial charge on any atom is -0.482 e. The second-order valence-electron chi connectivity index (χ2n) is 4.68. The highest BCUT2D eigenvalue weighted by Crippen LogP contribution is 2.26. The molecule has 0 radical (unpaired) electrons. The van der Waals surface area contributed by atoms with Crippen molar-refractivity contribution >= 4 is 17.5 Å². The molecule has 1 amide bonds. The van der Waals surface area contributed by atoms with E-state index in [1.54, 1.807) is 12.1 Å². The van der Waals surface area contributed by atoms with Gasteiger partial charge < -0.3 is 15.8 Å². The first-order valence-corrected chi connectivity index (χ1v) is 7.25. The number of carbonyl (C=O) groups excluding carboxylic acids is 1. The van der Waals surface area contributed by atoms with Crippen LogP contribution in [-0.2, 0) is 11.2 Å². The van der Waals surface area contributed by atoms with E-state index < -0.39 is 0 Å². The number of amides is 1. The van der Waals surface area contributed by atoms with Crippen molar-refractivity contribution in [2.75, 3.05) is 13.2 Å².